The lowest BCUT2D eigenvalue weighted by Gasteiger charge is -2.42. The summed E-state index contributed by atoms with van der Waals surface area (Å²) >= 11 is 5.81. The summed E-state index contributed by atoms with van der Waals surface area (Å²) in [4.78, 5) is 6.46. The zero-order valence-corrected chi connectivity index (χ0v) is 12.3. The lowest BCUT2D eigenvalue weighted by molar-refractivity contribution is -0.0484. The lowest BCUT2D eigenvalue weighted by atomic mass is 10.1. The van der Waals surface area contributed by atoms with Crippen molar-refractivity contribution in [3.05, 3.63) is 23.6 Å². The van der Waals surface area contributed by atoms with Crippen molar-refractivity contribution in [2.24, 2.45) is 0 Å². The summed E-state index contributed by atoms with van der Waals surface area (Å²) in [6.45, 7) is 3.64. The summed E-state index contributed by atoms with van der Waals surface area (Å²) in [6.07, 6.45) is 2.51. The van der Waals surface area contributed by atoms with Crippen LogP contribution in [0.5, 0.6) is 0 Å². The highest BCUT2D eigenvalue weighted by Gasteiger charge is 2.31. The minimum Gasteiger partial charge on any atom is -0.369 e. The van der Waals surface area contributed by atoms with Crippen LogP contribution >= 0.6 is 24.0 Å². The monoisotopic (exact) mass is 315 g/mol. The van der Waals surface area contributed by atoms with Crippen LogP contribution in [0.4, 0.5) is 5.69 Å². The van der Waals surface area contributed by atoms with Crippen molar-refractivity contribution in [2.45, 2.75) is 12.2 Å². The lowest BCUT2D eigenvalue weighted by Crippen LogP contribution is -2.58. The van der Waals surface area contributed by atoms with E-state index in [-0.39, 0.29) is 29.9 Å². The number of anilines is 1. The number of aromatic nitrogens is 3. The fourth-order valence-corrected chi connectivity index (χ4v) is 2.97. The molecule has 8 heteroatoms. The van der Waals surface area contributed by atoms with Gasteiger partial charge in [0, 0.05) is 26.2 Å². The minimum absolute atomic E-state index is 0. The second kappa shape index (κ2) is 5.37. The van der Waals surface area contributed by atoms with E-state index in [1.807, 2.05) is 12.3 Å². The average Bonchev–Trinajstić information content (AvgIpc) is 2.77. The fourth-order valence-electron chi connectivity index (χ4n) is 2.80. The molecule has 0 saturated carbocycles. The highest BCUT2D eigenvalue weighted by molar-refractivity contribution is 6.28. The van der Waals surface area contributed by atoms with Crippen LogP contribution in [0, 0.1) is 0 Å². The van der Waals surface area contributed by atoms with E-state index in [4.69, 9.17) is 16.3 Å². The van der Waals surface area contributed by atoms with E-state index in [9.17, 15) is 0 Å². The second-order valence-electron chi connectivity index (χ2n) is 5.01. The Balaban J connectivity index is 0.00000121. The van der Waals surface area contributed by atoms with Crippen LogP contribution in [-0.2, 0) is 4.74 Å². The van der Waals surface area contributed by atoms with Crippen molar-refractivity contribution in [1.29, 1.82) is 0 Å². The molecule has 6 nitrogen and oxygen atoms in total. The molecule has 2 aromatic heterocycles. The maximum atomic E-state index is 5.91. The van der Waals surface area contributed by atoms with Gasteiger partial charge in [-0.2, -0.15) is 4.98 Å². The van der Waals surface area contributed by atoms with Crippen molar-refractivity contribution in [3.8, 4) is 0 Å². The molecule has 2 aliphatic heterocycles. The van der Waals surface area contributed by atoms with E-state index < -0.39 is 0 Å². The summed E-state index contributed by atoms with van der Waals surface area (Å²) in [7, 11) is 0. The van der Waals surface area contributed by atoms with Crippen molar-refractivity contribution in [1.82, 2.24) is 19.9 Å². The number of rotatable bonds is 1. The zero-order chi connectivity index (χ0) is 12.8. The van der Waals surface area contributed by atoms with Crippen molar-refractivity contribution in [3.63, 3.8) is 0 Å². The predicted molar refractivity (Wildman–Crippen MR) is 79.0 cm³/mol. The first-order valence-electron chi connectivity index (χ1n) is 6.41. The molecule has 0 amide bonds. The first kappa shape index (κ1) is 13.9. The molecule has 4 heterocycles. The molecule has 2 unspecified atom stereocenters. The number of morpholine rings is 2. The van der Waals surface area contributed by atoms with Crippen LogP contribution in [0.15, 0.2) is 18.3 Å². The maximum Gasteiger partial charge on any atom is 0.243 e. The van der Waals surface area contributed by atoms with Crippen LogP contribution in [0.1, 0.15) is 0 Å². The Morgan fingerprint density at radius 3 is 2.75 bits per heavy atom. The van der Waals surface area contributed by atoms with Gasteiger partial charge in [0.1, 0.15) is 0 Å². The Hall–Kier alpha value is -1.08. The van der Waals surface area contributed by atoms with Gasteiger partial charge in [0.15, 0.2) is 5.65 Å². The van der Waals surface area contributed by atoms with Gasteiger partial charge in [-0.1, -0.05) is 0 Å². The maximum absolute atomic E-state index is 5.91. The molecule has 2 bridgehead atoms. The van der Waals surface area contributed by atoms with Gasteiger partial charge in [-0.15, -0.1) is 17.5 Å². The van der Waals surface area contributed by atoms with Gasteiger partial charge >= 0.3 is 0 Å². The van der Waals surface area contributed by atoms with Gasteiger partial charge in [-0.25, -0.2) is 4.52 Å². The normalized spacial score (nSPS) is 25.6. The van der Waals surface area contributed by atoms with Crippen LogP contribution in [0.2, 0.25) is 5.28 Å². The van der Waals surface area contributed by atoms with Gasteiger partial charge in [0.2, 0.25) is 5.28 Å². The average molecular weight is 316 g/mol. The molecule has 2 aromatic rings. The summed E-state index contributed by atoms with van der Waals surface area (Å²) in [6, 6.07) is 4.01. The Morgan fingerprint density at radius 1 is 1.25 bits per heavy atom. The largest absolute Gasteiger partial charge is 0.369 e. The molecule has 1 N–H and O–H groups in total. The molecule has 2 atom stereocenters. The Labute approximate surface area is 127 Å². The quantitative estimate of drug-likeness (QED) is 0.850. The van der Waals surface area contributed by atoms with Gasteiger partial charge < -0.3 is 15.0 Å². The summed E-state index contributed by atoms with van der Waals surface area (Å²) in [5.74, 6) is 0. The molecular weight excluding hydrogens is 301 g/mol. The number of nitrogens with zero attached hydrogens (tertiary/aromatic N) is 4. The highest BCUT2D eigenvalue weighted by atomic mass is 35.5. The number of hydrogen-bond donors (Lipinski definition) is 1. The number of ether oxygens (including phenoxy) is 1. The summed E-state index contributed by atoms with van der Waals surface area (Å²) in [5, 5.41) is 7.81. The number of halogens is 2. The third-order valence-corrected chi connectivity index (χ3v) is 3.79. The molecule has 4 rings (SSSR count). The molecule has 20 heavy (non-hydrogen) atoms. The van der Waals surface area contributed by atoms with E-state index in [1.54, 1.807) is 4.52 Å². The molecular formula is C12H15Cl2N5O. The number of hydrogen-bond acceptors (Lipinski definition) is 5. The highest BCUT2D eigenvalue weighted by Crippen LogP contribution is 2.22. The summed E-state index contributed by atoms with van der Waals surface area (Å²) in [5.41, 5.74) is 1.90. The van der Waals surface area contributed by atoms with Crippen molar-refractivity contribution in [2.75, 3.05) is 31.1 Å². The first-order valence-corrected chi connectivity index (χ1v) is 6.79. The van der Waals surface area contributed by atoms with E-state index >= 15 is 0 Å². The standard InChI is InChI=1S/C12H14ClN5O.ClH/c13-12-15-11-2-1-8(5-18(11)16-12)17-6-9-3-14-4-10(7-17)19-9;/h1-2,5,9-10,14H,3-4,6-7H2;1H. The number of pyridine rings is 1. The van der Waals surface area contributed by atoms with Crippen LogP contribution in [0.3, 0.4) is 0 Å². The smallest absolute Gasteiger partial charge is 0.243 e. The zero-order valence-electron chi connectivity index (χ0n) is 10.7. The van der Waals surface area contributed by atoms with Crippen LogP contribution in [0.25, 0.3) is 5.65 Å². The van der Waals surface area contributed by atoms with E-state index in [0.29, 0.717) is 0 Å². The fraction of sp³-hybridized carbons (Fsp3) is 0.500. The number of nitrogens with one attached hydrogen (secondary N) is 1. The van der Waals surface area contributed by atoms with E-state index in [1.165, 1.54) is 0 Å². The first-order chi connectivity index (χ1) is 9.28. The molecule has 0 aliphatic carbocycles. The van der Waals surface area contributed by atoms with Crippen molar-refractivity contribution < 1.29 is 4.74 Å². The molecule has 0 aromatic carbocycles. The van der Waals surface area contributed by atoms with Crippen molar-refractivity contribution >= 4 is 35.3 Å². The van der Waals surface area contributed by atoms with Gasteiger partial charge in [0.05, 0.1) is 24.1 Å². The van der Waals surface area contributed by atoms with E-state index in [0.717, 1.165) is 37.5 Å². The Bertz CT molecular complexity index is 607. The Kier molecular flexibility index (Phi) is 3.72. The van der Waals surface area contributed by atoms with E-state index in [2.05, 4.69) is 26.4 Å². The Morgan fingerprint density at radius 2 is 2.00 bits per heavy atom. The topological polar surface area (TPSA) is 54.7 Å². The molecule has 108 valence electrons. The SMILES string of the molecule is Cl.Clc1nc2ccc(N3CC4CNCC(C3)O4)cn2n1. The summed E-state index contributed by atoms with van der Waals surface area (Å²) < 4.78 is 7.63. The molecule has 0 radical (unpaired) electrons. The third-order valence-electron chi connectivity index (χ3n) is 3.63. The molecule has 2 saturated heterocycles. The third kappa shape index (κ3) is 2.44. The molecule has 2 fully saturated rings. The molecule has 0 spiro atoms. The van der Waals surface area contributed by atoms with Crippen LogP contribution in [-0.4, -0.2) is 53.0 Å². The van der Waals surface area contributed by atoms with Gasteiger partial charge in [-0.05, 0) is 23.7 Å². The van der Waals surface area contributed by atoms with Gasteiger partial charge in [-0.3, -0.25) is 0 Å². The van der Waals surface area contributed by atoms with Gasteiger partial charge in [0.25, 0.3) is 0 Å². The minimum atomic E-state index is 0. The second-order valence-corrected chi connectivity index (χ2v) is 5.35. The van der Waals surface area contributed by atoms with Crippen LogP contribution < -0.4 is 10.2 Å². The molecule has 2 aliphatic rings. The predicted octanol–water partition coefficient (Wildman–Crippen LogP) is 0.981. The number of fused-ring (bicyclic) bond motifs is 3.